The van der Waals surface area contributed by atoms with Gasteiger partial charge in [0.15, 0.2) is 0 Å². The molecule has 2 amide bonds. The van der Waals surface area contributed by atoms with Crippen LogP contribution in [0.3, 0.4) is 0 Å². The van der Waals surface area contributed by atoms with E-state index in [-0.39, 0.29) is 17.5 Å². The van der Waals surface area contributed by atoms with Gasteiger partial charge in [-0.2, -0.15) is 11.8 Å². The van der Waals surface area contributed by atoms with Crippen molar-refractivity contribution in [3.63, 3.8) is 0 Å². The van der Waals surface area contributed by atoms with Crippen molar-refractivity contribution >= 4 is 35.0 Å². The van der Waals surface area contributed by atoms with Gasteiger partial charge in [-0.25, -0.2) is 5.48 Å². The molecule has 0 saturated heterocycles. The van der Waals surface area contributed by atoms with Gasteiger partial charge in [0.25, 0.3) is 5.91 Å². The Kier molecular flexibility index (Phi) is 4.28. The van der Waals surface area contributed by atoms with Crippen LogP contribution < -0.4 is 16.1 Å². The SMILES string of the molecule is CSCCC1Nc2ccc(C(=O)NO)cc2NC1=O. The molecule has 0 aromatic heterocycles. The molecule has 0 radical (unpaired) electrons. The Morgan fingerprint density at radius 2 is 2.26 bits per heavy atom. The summed E-state index contributed by atoms with van der Waals surface area (Å²) in [6.45, 7) is 0. The van der Waals surface area contributed by atoms with Crippen molar-refractivity contribution in [1.29, 1.82) is 0 Å². The van der Waals surface area contributed by atoms with E-state index in [9.17, 15) is 9.59 Å². The molecule has 19 heavy (non-hydrogen) atoms. The fourth-order valence-electron chi connectivity index (χ4n) is 1.89. The van der Waals surface area contributed by atoms with E-state index in [1.54, 1.807) is 29.4 Å². The van der Waals surface area contributed by atoms with Gasteiger partial charge >= 0.3 is 0 Å². The molecule has 0 fully saturated rings. The van der Waals surface area contributed by atoms with Crippen LogP contribution in [0.5, 0.6) is 0 Å². The summed E-state index contributed by atoms with van der Waals surface area (Å²) >= 11 is 1.69. The molecular weight excluding hydrogens is 266 g/mol. The van der Waals surface area contributed by atoms with Crippen LogP contribution in [0.25, 0.3) is 0 Å². The molecule has 0 spiro atoms. The third-order valence-electron chi connectivity index (χ3n) is 2.90. The highest BCUT2D eigenvalue weighted by Crippen LogP contribution is 2.28. The zero-order valence-electron chi connectivity index (χ0n) is 10.4. The van der Waals surface area contributed by atoms with Gasteiger partial charge in [0.1, 0.15) is 6.04 Å². The topological polar surface area (TPSA) is 90.5 Å². The lowest BCUT2D eigenvalue weighted by Crippen LogP contribution is -2.39. The fourth-order valence-corrected chi connectivity index (χ4v) is 2.36. The molecule has 1 atom stereocenters. The maximum Gasteiger partial charge on any atom is 0.274 e. The quantitative estimate of drug-likeness (QED) is 0.493. The lowest BCUT2D eigenvalue weighted by molar-refractivity contribution is -0.117. The molecule has 2 rings (SSSR count). The Balaban J connectivity index is 2.18. The van der Waals surface area contributed by atoms with Gasteiger partial charge in [0, 0.05) is 5.56 Å². The molecule has 1 aliphatic heterocycles. The number of benzene rings is 1. The van der Waals surface area contributed by atoms with Gasteiger partial charge in [-0.3, -0.25) is 14.8 Å². The molecule has 1 aromatic rings. The Hall–Kier alpha value is -1.73. The average molecular weight is 281 g/mol. The number of rotatable bonds is 4. The zero-order chi connectivity index (χ0) is 13.8. The van der Waals surface area contributed by atoms with Crippen LogP contribution in [-0.2, 0) is 4.79 Å². The minimum atomic E-state index is -0.610. The summed E-state index contributed by atoms with van der Waals surface area (Å²) in [6, 6.07) is 4.57. The van der Waals surface area contributed by atoms with E-state index in [1.165, 1.54) is 6.07 Å². The van der Waals surface area contributed by atoms with E-state index in [1.807, 2.05) is 6.26 Å². The Morgan fingerprint density at radius 3 is 2.95 bits per heavy atom. The van der Waals surface area contributed by atoms with Crippen molar-refractivity contribution in [2.75, 3.05) is 22.6 Å². The minimum Gasteiger partial charge on any atom is -0.372 e. The first kappa shape index (κ1) is 13.7. The van der Waals surface area contributed by atoms with Gasteiger partial charge in [0.05, 0.1) is 11.4 Å². The predicted molar refractivity (Wildman–Crippen MR) is 74.7 cm³/mol. The largest absolute Gasteiger partial charge is 0.372 e. The number of hydroxylamine groups is 1. The Bertz CT molecular complexity index is 507. The number of nitrogens with one attached hydrogen (secondary N) is 3. The highest BCUT2D eigenvalue weighted by atomic mass is 32.2. The molecule has 0 saturated carbocycles. The zero-order valence-corrected chi connectivity index (χ0v) is 11.2. The number of hydrogen-bond acceptors (Lipinski definition) is 5. The van der Waals surface area contributed by atoms with Crippen LogP contribution >= 0.6 is 11.8 Å². The van der Waals surface area contributed by atoms with Crippen molar-refractivity contribution in [3.05, 3.63) is 23.8 Å². The molecule has 102 valence electrons. The maximum atomic E-state index is 11.9. The van der Waals surface area contributed by atoms with Crippen LogP contribution in [0, 0.1) is 0 Å². The summed E-state index contributed by atoms with van der Waals surface area (Å²) in [4.78, 5) is 23.2. The first-order chi connectivity index (χ1) is 9.15. The highest BCUT2D eigenvalue weighted by Gasteiger charge is 2.25. The first-order valence-electron chi connectivity index (χ1n) is 5.80. The van der Waals surface area contributed by atoms with Gasteiger partial charge < -0.3 is 10.6 Å². The standard InChI is InChI=1S/C12H15N3O3S/c1-19-5-4-9-12(17)14-10-6-7(11(16)15-18)2-3-8(10)13-9/h2-3,6,9,13,18H,4-5H2,1H3,(H,14,17)(H,15,16). The van der Waals surface area contributed by atoms with Crippen LogP contribution in [-0.4, -0.2) is 35.1 Å². The van der Waals surface area contributed by atoms with E-state index < -0.39 is 5.91 Å². The minimum absolute atomic E-state index is 0.108. The Labute approximate surface area is 114 Å². The van der Waals surface area contributed by atoms with Crippen LogP contribution in [0.1, 0.15) is 16.8 Å². The first-order valence-corrected chi connectivity index (χ1v) is 7.20. The second kappa shape index (κ2) is 5.94. The Morgan fingerprint density at radius 1 is 1.47 bits per heavy atom. The number of carbonyl (C=O) groups excluding carboxylic acids is 2. The van der Waals surface area contributed by atoms with Crippen LogP contribution in [0.2, 0.25) is 0 Å². The average Bonchev–Trinajstić information content (AvgIpc) is 2.43. The lowest BCUT2D eigenvalue weighted by atomic mass is 10.1. The highest BCUT2D eigenvalue weighted by molar-refractivity contribution is 7.98. The van der Waals surface area contributed by atoms with Crippen molar-refractivity contribution in [3.8, 4) is 0 Å². The monoisotopic (exact) mass is 281 g/mol. The van der Waals surface area contributed by atoms with E-state index in [4.69, 9.17) is 5.21 Å². The molecule has 4 N–H and O–H groups in total. The third kappa shape index (κ3) is 2.99. The molecule has 7 heteroatoms. The summed E-state index contributed by atoms with van der Waals surface area (Å²) < 4.78 is 0. The molecular formula is C12H15N3O3S. The lowest BCUT2D eigenvalue weighted by Gasteiger charge is -2.27. The van der Waals surface area contributed by atoms with Crippen LogP contribution in [0.4, 0.5) is 11.4 Å². The van der Waals surface area contributed by atoms with E-state index in [0.29, 0.717) is 5.69 Å². The number of hydrogen-bond donors (Lipinski definition) is 4. The normalized spacial score (nSPS) is 17.2. The molecule has 0 aliphatic carbocycles. The second-order valence-corrected chi connectivity index (χ2v) is 5.15. The summed E-state index contributed by atoms with van der Waals surface area (Å²) in [7, 11) is 0. The molecule has 1 unspecified atom stereocenters. The second-order valence-electron chi connectivity index (χ2n) is 4.17. The molecule has 1 aromatic carbocycles. The van der Waals surface area contributed by atoms with Gasteiger partial charge in [-0.05, 0) is 36.6 Å². The van der Waals surface area contributed by atoms with Crippen molar-refractivity contribution in [2.24, 2.45) is 0 Å². The number of carbonyl (C=O) groups is 2. The summed E-state index contributed by atoms with van der Waals surface area (Å²) in [5, 5.41) is 14.5. The number of fused-ring (bicyclic) bond motifs is 1. The summed E-state index contributed by atoms with van der Waals surface area (Å²) in [5.74, 6) is 0.176. The predicted octanol–water partition coefficient (Wildman–Crippen LogP) is 1.29. The van der Waals surface area contributed by atoms with Gasteiger partial charge in [-0.15, -0.1) is 0 Å². The van der Waals surface area contributed by atoms with Gasteiger partial charge in [-0.1, -0.05) is 0 Å². The van der Waals surface area contributed by atoms with Crippen molar-refractivity contribution in [2.45, 2.75) is 12.5 Å². The van der Waals surface area contributed by atoms with E-state index in [0.717, 1.165) is 17.9 Å². The molecule has 6 nitrogen and oxygen atoms in total. The number of anilines is 2. The summed E-state index contributed by atoms with van der Waals surface area (Å²) in [5.41, 5.74) is 3.17. The smallest absolute Gasteiger partial charge is 0.274 e. The van der Waals surface area contributed by atoms with Crippen LogP contribution in [0.15, 0.2) is 18.2 Å². The number of thioether (sulfide) groups is 1. The van der Waals surface area contributed by atoms with E-state index >= 15 is 0 Å². The fraction of sp³-hybridized carbons (Fsp3) is 0.333. The van der Waals surface area contributed by atoms with Crippen molar-refractivity contribution in [1.82, 2.24) is 5.48 Å². The van der Waals surface area contributed by atoms with Gasteiger partial charge in [0.2, 0.25) is 5.91 Å². The molecule has 1 heterocycles. The van der Waals surface area contributed by atoms with E-state index in [2.05, 4.69) is 10.6 Å². The third-order valence-corrected chi connectivity index (χ3v) is 3.54. The molecule has 1 aliphatic rings. The maximum absolute atomic E-state index is 11.9. The number of amides is 2. The summed E-state index contributed by atoms with van der Waals surface area (Å²) in [6.07, 6.45) is 2.74. The molecule has 0 bridgehead atoms. The van der Waals surface area contributed by atoms with Crippen molar-refractivity contribution < 1.29 is 14.8 Å².